The Bertz CT molecular complexity index is 445. The van der Waals surface area contributed by atoms with E-state index in [9.17, 15) is 22.8 Å². The molecule has 4 nitrogen and oxygen atoms in total. The van der Waals surface area contributed by atoms with Gasteiger partial charge in [-0.3, -0.25) is 4.79 Å². The van der Waals surface area contributed by atoms with Crippen molar-refractivity contribution in [2.45, 2.75) is 38.4 Å². The van der Waals surface area contributed by atoms with Crippen LogP contribution in [-0.4, -0.2) is 42.0 Å². The summed E-state index contributed by atoms with van der Waals surface area (Å²) in [5, 5.41) is 0. The molecule has 1 saturated heterocycles. The van der Waals surface area contributed by atoms with Crippen molar-refractivity contribution in [1.82, 2.24) is 4.90 Å². The lowest BCUT2D eigenvalue weighted by Gasteiger charge is -2.21. The highest BCUT2D eigenvalue weighted by Gasteiger charge is 2.46. The molecule has 0 unspecified atom stereocenters. The Kier molecular flexibility index (Phi) is 4.06. The van der Waals surface area contributed by atoms with Crippen molar-refractivity contribution in [1.29, 1.82) is 0 Å². The average molecular weight is 291 g/mol. The molecule has 0 N–H and O–H groups in total. The lowest BCUT2D eigenvalue weighted by molar-refractivity contribution is -0.150. The molecule has 0 aromatic rings. The maximum Gasteiger partial charge on any atom is 0.424 e. The molecule has 0 aromatic carbocycles. The third kappa shape index (κ3) is 3.32. The first-order valence-electron chi connectivity index (χ1n) is 6.56. The number of carbonyl (C=O) groups excluding carboxylic acids is 2. The van der Waals surface area contributed by atoms with Gasteiger partial charge in [-0.1, -0.05) is 0 Å². The number of hydrogen-bond acceptors (Lipinski definition) is 4. The summed E-state index contributed by atoms with van der Waals surface area (Å²) in [6, 6.07) is -0.0618. The van der Waals surface area contributed by atoms with Crippen LogP contribution in [0.25, 0.3) is 0 Å². The van der Waals surface area contributed by atoms with Crippen LogP contribution in [0, 0.1) is 5.92 Å². The molecule has 0 amide bonds. The second-order valence-corrected chi connectivity index (χ2v) is 5.05. The normalized spacial score (nSPS) is 26.9. The molecule has 1 saturated carbocycles. The number of fused-ring (bicyclic) bond motifs is 1. The van der Waals surface area contributed by atoms with Gasteiger partial charge in [0.25, 0.3) is 0 Å². The molecule has 1 aliphatic carbocycles. The molecule has 2 atom stereocenters. The molecule has 112 valence electrons. The minimum Gasteiger partial charge on any atom is -0.462 e. The van der Waals surface area contributed by atoms with Crippen molar-refractivity contribution in [2.24, 2.45) is 5.92 Å². The summed E-state index contributed by atoms with van der Waals surface area (Å²) in [7, 11) is 0. The quantitative estimate of drug-likeness (QED) is 0.590. The zero-order chi connectivity index (χ0) is 14.9. The molecular formula is C13H16F3NO3. The standard InChI is InChI=1S/C13H16F3NO3/c1-2-20-12(19)10(13(14,15)16)7-17-4-3-9(18)5-8-6-11(8)17/h7-8,11H,2-6H2,1H3/b10-7+/t8-,11+/m0/s1. The first kappa shape index (κ1) is 14.9. The first-order valence-corrected chi connectivity index (χ1v) is 6.56. The van der Waals surface area contributed by atoms with Gasteiger partial charge in [0.05, 0.1) is 6.61 Å². The van der Waals surface area contributed by atoms with Gasteiger partial charge in [0, 0.05) is 31.6 Å². The van der Waals surface area contributed by atoms with Crippen LogP contribution in [0.3, 0.4) is 0 Å². The summed E-state index contributed by atoms with van der Waals surface area (Å²) < 4.78 is 43.2. The monoisotopic (exact) mass is 291 g/mol. The number of esters is 1. The molecule has 2 rings (SSSR count). The summed E-state index contributed by atoms with van der Waals surface area (Å²) in [5.74, 6) is -1.18. The van der Waals surface area contributed by atoms with Gasteiger partial charge in [-0.25, -0.2) is 4.79 Å². The molecule has 0 aromatic heterocycles. The van der Waals surface area contributed by atoms with Gasteiger partial charge in [-0.05, 0) is 19.3 Å². The van der Waals surface area contributed by atoms with Crippen molar-refractivity contribution in [3.05, 3.63) is 11.8 Å². The smallest absolute Gasteiger partial charge is 0.424 e. The van der Waals surface area contributed by atoms with E-state index in [0.29, 0.717) is 12.8 Å². The fraction of sp³-hybridized carbons (Fsp3) is 0.692. The third-order valence-corrected chi connectivity index (χ3v) is 3.55. The molecular weight excluding hydrogens is 275 g/mol. The first-order chi connectivity index (χ1) is 9.32. The highest BCUT2D eigenvalue weighted by molar-refractivity contribution is 5.89. The second-order valence-electron chi connectivity index (χ2n) is 5.05. The third-order valence-electron chi connectivity index (χ3n) is 3.55. The number of alkyl halides is 3. The molecule has 0 spiro atoms. The molecule has 0 bridgehead atoms. The summed E-state index contributed by atoms with van der Waals surface area (Å²) >= 11 is 0. The number of nitrogens with zero attached hydrogens (tertiary/aromatic N) is 1. The van der Waals surface area contributed by atoms with Crippen molar-refractivity contribution < 1.29 is 27.5 Å². The molecule has 1 aliphatic heterocycles. The van der Waals surface area contributed by atoms with Gasteiger partial charge in [-0.2, -0.15) is 13.2 Å². The Balaban J connectivity index is 2.19. The second kappa shape index (κ2) is 5.46. The average Bonchev–Trinajstić information content (AvgIpc) is 3.06. The van der Waals surface area contributed by atoms with Crippen LogP contribution < -0.4 is 0 Å². The minimum absolute atomic E-state index is 0.0618. The summed E-state index contributed by atoms with van der Waals surface area (Å²) in [5.41, 5.74) is -1.31. The molecule has 1 heterocycles. The van der Waals surface area contributed by atoms with Crippen LogP contribution in [0.15, 0.2) is 11.8 Å². The summed E-state index contributed by atoms with van der Waals surface area (Å²) in [4.78, 5) is 24.3. The van der Waals surface area contributed by atoms with E-state index in [1.165, 1.54) is 11.8 Å². The SMILES string of the molecule is CCOC(=O)/C(=C\N1CCC(=O)C[C@H]2C[C@H]21)C(F)(F)F. The van der Waals surface area contributed by atoms with Crippen molar-refractivity contribution >= 4 is 11.8 Å². The van der Waals surface area contributed by atoms with Crippen LogP contribution in [0.1, 0.15) is 26.2 Å². The zero-order valence-corrected chi connectivity index (χ0v) is 11.1. The van der Waals surface area contributed by atoms with Gasteiger partial charge in [0.1, 0.15) is 5.78 Å². The zero-order valence-electron chi connectivity index (χ0n) is 11.1. The molecule has 2 fully saturated rings. The van der Waals surface area contributed by atoms with E-state index >= 15 is 0 Å². The van der Waals surface area contributed by atoms with Gasteiger partial charge >= 0.3 is 12.1 Å². The summed E-state index contributed by atoms with van der Waals surface area (Å²) in [6.07, 6.45) is -2.59. The Morgan fingerprint density at radius 1 is 1.50 bits per heavy atom. The number of carbonyl (C=O) groups is 2. The Morgan fingerprint density at radius 2 is 2.20 bits per heavy atom. The van der Waals surface area contributed by atoms with Crippen molar-refractivity contribution in [3.63, 3.8) is 0 Å². The summed E-state index contributed by atoms with van der Waals surface area (Å²) in [6.45, 7) is 1.56. The van der Waals surface area contributed by atoms with E-state index in [-0.39, 0.29) is 37.3 Å². The number of Topliss-reactive ketones (excluding diaryl/α,β-unsaturated/α-hetero) is 1. The fourth-order valence-corrected chi connectivity index (χ4v) is 2.45. The number of halogens is 3. The molecule has 20 heavy (non-hydrogen) atoms. The highest BCUT2D eigenvalue weighted by Crippen LogP contribution is 2.42. The molecule has 0 radical (unpaired) electrons. The maximum atomic E-state index is 12.9. The number of rotatable bonds is 3. The van der Waals surface area contributed by atoms with E-state index in [2.05, 4.69) is 4.74 Å². The number of hydrogen-bond donors (Lipinski definition) is 0. The van der Waals surface area contributed by atoms with Gasteiger partial charge in [0.15, 0.2) is 5.57 Å². The molecule has 2 aliphatic rings. The van der Waals surface area contributed by atoms with Crippen molar-refractivity contribution in [3.8, 4) is 0 Å². The van der Waals surface area contributed by atoms with E-state index < -0.39 is 17.7 Å². The lowest BCUT2D eigenvalue weighted by Crippen LogP contribution is -2.29. The van der Waals surface area contributed by atoms with Crippen LogP contribution >= 0.6 is 0 Å². The van der Waals surface area contributed by atoms with Gasteiger partial charge < -0.3 is 9.64 Å². The Morgan fingerprint density at radius 3 is 2.80 bits per heavy atom. The Hall–Kier alpha value is -1.53. The Labute approximate surface area is 114 Å². The van der Waals surface area contributed by atoms with Crippen LogP contribution in [0.4, 0.5) is 13.2 Å². The highest BCUT2D eigenvalue weighted by atomic mass is 19.4. The number of likely N-dealkylation sites (tertiary alicyclic amines) is 1. The van der Waals surface area contributed by atoms with E-state index in [1.807, 2.05) is 0 Å². The van der Waals surface area contributed by atoms with Crippen LogP contribution in [0.5, 0.6) is 0 Å². The van der Waals surface area contributed by atoms with Crippen LogP contribution in [0.2, 0.25) is 0 Å². The van der Waals surface area contributed by atoms with Crippen molar-refractivity contribution in [2.75, 3.05) is 13.2 Å². The predicted molar refractivity (Wildman–Crippen MR) is 63.6 cm³/mol. The topological polar surface area (TPSA) is 46.6 Å². The van der Waals surface area contributed by atoms with Crippen LogP contribution in [-0.2, 0) is 14.3 Å². The van der Waals surface area contributed by atoms with E-state index in [4.69, 9.17) is 0 Å². The minimum atomic E-state index is -4.76. The number of ether oxygens (including phenoxy) is 1. The van der Waals surface area contributed by atoms with Gasteiger partial charge in [-0.15, -0.1) is 0 Å². The molecule has 7 heteroatoms. The lowest BCUT2D eigenvalue weighted by atomic mass is 10.2. The largest absolute Gasteiger partial charge is 0.462 e. The van der Waals surface area contributed by atoms with E-state index in [0.717, 1.165) is 6.20 Å². The van der Waals surface area contributed by atoms with E-state index in [1.54, 1.807) is 0 Å². The maximum absolute atomic E-state index is 12.9. The fourth-order valence-electron chi connectivity index (χ4n) is 2.45. The van der Waals surface area contributed by atoms with Gasteiger partial charge in [0.2, 0.25) is 0 Å². The number of ketones is 1. The predicted octanol–water partition coefficient (Wildman–Crippen LogP) is 2.05.